The Morgan fingerprint density at radius 1 is 0.592 bits per heavy atom. The number of halogens is 2. The van der Waals surface area contributed by atoms with Crippen molar-refractivity contribution in [1.29, 1.82) is 0 Å². The zero-order valence-electron chi connectivity index (χ0n) is 42.3. The van der Waals surface area contributed by atoms with Gasteiger partial charge in [0, 0.05) is 64.3 Å². The second kappa shape index (κ2) is 27.5. The summed E-state index contributed by atoms with van der Waals surface area (Å²) in [5, 5.41) is 9.73. The number of nitrogens with zero attached hydrogens (tertiary/aromatic N) is 3. The van der Waals surface area contributed by atoms with E-state index in [0.29, 0.717) is 29.7 Å². The van der Waals surface area contributed by atoms with Gasteiger partial charge in [0.1, 0.15) is 24.8 Å². The number of amides is 3. The van der Waals surface area contributed by atoms with Gasteiger partial charge in [-0.05, 0) is 167 Å². The lowest BCUT2D eigenvalue weighted by atomic mass is 9.80. The summed E-state index contributed by atoms with van der Waals surface area (Å²) < 4.78 is 37.6. The van der Waals surface area contributed by atoms with Gasteiger partial charge in [-0.25, -0.2) is 18.4 Å². The third-order valence-corrected chi connectivity index (χ3v) is 15.5. The molecule has 2 aliphatic carbocycles. The molecule has 4 aliphatic rings. The van der Waals surface area contributed by atoms with Crippen LogP contribution in [-0.2, 0) is 40.3 Å². The summed E-state index contributed by atoms with van der Waals surface area (Å²) in [6, 6.07) is 33.8. The van der Waals surface area contributed by atoms with Gasteiger partial charge in [0.25, 0.3) is 0 Å². The van der Waals surface area contributed by atoms with Crippen LogP contribution in [0.4, 0.5) is 18.4 Å². The predicted molar refractivity (Wildman–Crippen MR) is 275 cm³/mol. The van der Waals surface area contributed by atoms with Gasteiger partial charge in [0.15, 0.2) is 0 Å². The fraction of sp³-hybridized carbons (Fsp3) is 0.534. The minimum absolute atomic E-state index is 0.0496. The Balaban J connectivity index is 0.000000209. The molecule has 3 N–H and O–H groups in total. The molecular weight excluding hydrogens is 899 g/mol. The third-order valence-electron chi connectivity index (χ3n) is 15.5. The molecule has 8 rings (SSSR count). The number of rotatable bonds is 16. The Morgan fingerprint density at radius 2 is 1.04 bits per heavy atom. The summed E-state index contributed by atoms with van der Waals surface area (Å²) in [5.41, 5.74) is 4.34. The van der Waals surface area contributed by atoms with Crippen molar-refractivity contribution < 1.29 is 32.6 Å². The first-order valence-corrected chi connectivity index (χ1v) is 26.2. The first-order valence-electron chi connectivity index (χ1n) is 26.2. The van der Waals surface area contributed by atoms with Gasteiger partial charge in [0.2, 0.25) is 5.91 Å². The van der Waals surface area contributed by atoms with E-state index in [0.717, 1.165) is 108 Å². The molecule has 8 atom stereocenters. The van der Waals surface area contributed by atoms with Crippen LogP contribution in [0.25, 0.3) is 0 Å². The summed E-state index contributed by atoms with van der Waals surface area (Å²) in [6.07, 6.45) is 11.7. The predicted octanol–water partition coefficient (Wildman–Crippen LogP) is 9.79. The fourth-order valence-electron chi connectivity index (χ4n) is 11.5. The smallest absolute Gasteiger partial charge is 0.407 e. The number of piperidine rings is 2. The number of likely N-dealkylation sites (tertiary alicyclic amines) is 2. The summed E-state index contributed by atoms with van der Waals surface area (Å²) >= 11 is 0. The van der Waals surface area contributed by atoms with Gasteiger partial charge >= 0.3 is 12.2 Å². The van der Waals surface area contributed by atoms with Crippen LogP contribution >= 0.6 is 0 Å². The van der Waals surface area contributed by atoms with E-state index in [1.54, 1.807) is 36.1 Å². The Kier molecular flexibility index (Phi) is 20.7. The van der Waals surface area contributed by atoms with E-state index >= 15 is 0 Å². The molecule has 13 heteroatoms. The summed E-state index contributed by atoms with van der Waals surface area (Å²) in [6.45, 7) is 8.27. The van der Waals surface area contributed by atoms with Gasteiger partial charge < -0.3 is 40.1 Å². The molecule has 3 amide bonds. The molecule has 2 saturated carbocycles. The number of carbonyl (C=O) groups is 3. The average Bonchev–Trinajstić information content (AvgIpc) is 3.38. The second-order valence-corrected chi connectivity index (χ2v) is 20.7. The summed E-state index contributed by atoms with van der Waals surface area (Å²) in [4.78, 5) is 44.3. The van der Waals surface area contributed by atoms with Crippen LogP contribution in [0.15, 0.2) is 109 Å². The Labute approximate surface area is 421 Å². The van der Waals surface area contributed by atoms with Gasteiger partial charge in [-0.15, -0.1) is 0 Å². The van der Waals surface area contributed by atoms with Crippen LogP contribution < -0.4 is 16.0 Å². The topological polar surface area (TPSA) is 115 Å². The Hall–Kier alpha value is -5.37. The molecule has 2 heterocycles. The Bertz CT molecular complexity index is 2220. The highest BCUT2D eigenvalue weighted by Gasteiger charge is 2.37. The zero-order valence-corrected chi connectivity index (χ0v) is 42.3. The number of alkyl carbamates (subject to hydrolysis) is 2. The second-order valence-electron chi connectivity index (χ2n) is 20.7. The molecule has 71 heavy (non-hydrogen) atoms. The molecule has 2 saturated heterocycles. The molecule has 0 spiro atoms. The Morgan fingerprint density at radius 3 is 1.49 bits per heavy atom. The highest BCUT2D eigenvalue weighted by atomic mass is 19.1. The number of nitrogens with one attached hydrogen (secondary N) is 3. The van der Waals surface area contributed by atoms with Crippen LogP contribution in [0.3, 0.4) is 0 Å². The van der Waals surface area contributed by atoms with Gasteiger partial charge in [-0.1, -0.05) is 84.9 Å². The van der Waals surface area contributed by atoms with E-state index < -0.39 is 6.09 Å². The molecule has 0 unspecified atom stereocenters. The molecule has 2 aliphatic heterocycles. The highest BCUT2D eigenvalue weighted by molar-refractivity contribution is 5.73. The maximum absolute atomic E-state index is 13.3. The minimum atomic E-state index is -0.405. The molecule has 384 valence electrons. The van der Waals surface area contributed by atoms with E-state index in [4.69, 9.17) is 9.47 Å². The number of hydrogen-bond acceptors (Lipinski definition) is 8. The van der Waals surface area contributed by atoms with Crippen LogP contribution in [0.2, 0.25) is 0 Å². The van der Waals surface area contributed by atoms with E-state index in [1.165, 1.54) is 30.4 Å². The zero-order chi connectivity index (χ0) is 50.0. The minimum Gasteiger partial charge on any atom is -0.445 e. The van der Waals surface area contributed by atoms with Crippen LogP contribution in [0.1, 0.15) is 93.4 Å². The van der Waals surface area contributed by atoms with Crippen molar-refractivity contribution >= 4 is 18.1 Å². The molecule has 4 aromatic rings. The van der Waals surface area contributed by atoms with Crippen molar-refractivity contribution in [2.24, 2.45) is 23.7 Å². The summed E-state index contributed by atoms with van der Waals surface area (Å²) in [5.74, 6) is 1.53. The maximum Gasteiger partial charge on any atom is 0.407 e. The third kappa shape index (κ3) is 17.4. The number of hydrogen-bond donors (Lipinski definition) is 3. The lowest BCUT2D eigenvalue weighted by Gasteiger charge is -2.43. The highest BCUT2D eigenvalue weighted by Crippen LogP contribution is 2.32. The van der Waals surface area contributed by atoms with Gasteiger partial charge in [0.05, 0.1) is 0 Å². The number of ether oxygens (including phenoxy) is 2. The molecular formula is C58H78F2N6O5. The molecule has 0 bridgehead atoms. The van der Waals surface area contributed by atoms with Crippen molar-refractivity contribution in [3.8, 4) is 0 Å². The van der Waals surface area contributed by atoms with Crippen molar-refractivity contribution in [1.82, 2.24) is 30.7 Å². The maximum atomic E-state index is 13.3. The molecule has 4 fully saturated rings. The normalized spacial score (nSPS) is 24.9. The van der Waals surface area contributed by atoms with Crippen molar-refractivity contribution in [2.75, 3.05) is 53.4 Å². The lowest BCUT2D eigenvalue weighted by molar-refractivity contribution is -0.130. The molecule has 11 nitrogen and oxygen atoms in total. The largest absolute Gasteiger partial charge is 0.445 e. The van der Waals surface area contributed by atoms with E-state index in [2.05, 4.69) is 25.8 Å². The average molecular weight is 977 g/mol. The van der Waals surface area contributed by atoms with Crippen LogP contribution in [-0.4, -0.2) is 110 Å². The SMILES string of the molecule is CC(=O)N(C)[C@@H]1CC[C@@H](CN2CCC[C@@H](Cc3ccc(F)cc3)C2)[C@H](NC(=O)OCc2ccccc2)C1.CN[C@@H]1CC[C@@H](CN2CCC[C@@H](Cc3ccc(F)cc3)C2)[C@H](NC(=O)OCc2ccccc2)C1. The number of benzene rings is 4. The molecule has 0 radical (unpaired) electrons. The van der Waals surface area contributed by atoms with Crippen molar-refractivity contribution in [3.05, 3.63) is 143 Å². The molecule has 4 aromatic carbocycles. The van der Waals surface area contributed by atoms with E-state index in [1.807, 2.05) is 99.0 Å². The first-order chi connectivity index (χ1) is 34.5. The lowest BCUT2D eigenvalue weighted by Crippen LogP contribution is -2.53. The van der Waals surface area contributed by atoms with Crippen LogP contribution in [0.5, 0.6) is 0 Å². The van der Waals surface area contributed by atoms with Crippen molar-refractivity contribution in [2.45, 2.75) is 121 Å². The standard InChI is InChI=1S/C30H40FN3O3.C28H38FN3O2/c1-22(35)33(2)28-15-12-26(29(18-28)32-30(36)37-21-24-7-4-3-5-8-24)20-34-16-6-9-25(19-34)17-23-10-13-27(31)14-11-23;1-30-26-14-11-24(27(17-26)31-28(33)34-20-22-6-3-2-4-7-22)19-32-15-5-8-23(18-32)16-21-9-12-25(29)13-10-21/h3-5,7-8,10-11,13-14,25-26,28-29H,6,9,12,15-21H2,1-2H3,(H,32,36);2-4,6-7,9-10,12-13,23-24,26-27,30H,5,8,11,14-20H2,1H3,(H,31,33)/t25-,26-,28+,29+;23-,24-,26+,27+/m00/s1. The van der Waals surface area contributed by atoms with Crippen LogP contribution in [0, 0.1) is 35.3 Å². The van der Waals surface area contributed by atoms with E-state index in [-0.39, 0.29) is 55.0 Å². The van der Waals surface area contributed by atoms with Crippen molar-refractivity contribution in [3.63, 3.8) is 0 Å². The first kappa shape index (κ1) is 53.4. The van der Waals surface area contributed by atoms with Gasteiger partial charge in [-0.2, -0.15) is 0 Å². The quantitative estimate of drug-likeness (QED) is 0.102. The van der Waals surface area contributed by atoms with E-state index in [9.17, 15) is 23.2 Å². The number of carbonyl (C=O) groups excluding carboxylic acids is 3. The van der Waals surface area contributed by atoms with Gasteiger partial charge in [-0.3, -0.25) is 4.79 Å². The monoisotopic (exact) mass is 977 g/mol. The summed E-state index contributed by atoms with van der Waals surface area (Å²) in [7, 11) is 3.85. The fourth-order valence-corrected chi connectivity index (χ4v) is 11.5. The molecule has 0 aromatic heterocycles.